The van der Waals surface area contributed by atoms with E-state index in [1.807, 2.05) is 24.3 Å². The van der Waals surface area contributed by atoms with Crippen molar-refractivity contribution >= 4 is 22.0 Å². The molecule has 1 aromatic carbocycles. The van der Waals surface area contributed by atoms with E-state index in [4.69, 9.17) is 5.73 Å². The van der Waals surface area contributed by atoms with Gasteiger partial charge in [0.1, 0.15) is 0 Å². The van der Waals surface area contributed by atoms with E-state index in [0.29, 0.717) is 19.6 Å². The predicted octanol–water partition coefficient (Wildman–Crippen LogP) is 1.21. The third-order valence-corrected chi connectivity index (χ3v) is 2.27. The zero-order valence-electron chi connectivity index (χ0n) is 8.29. The molecular formula is C10H14BrN3O. The Labute approximate surface area is 97.4 Å². The summed E-state index contributed by atoms with van der Waals surface area (Å²) in [6.07, 6.45) is 0. The van der Waals surface area contributed by atoms with Gasteiger partial charge >= 0.3 is 6.03 Å². The van der Waals surface area contributed by atoms with E-state index in [-0.39, 0.29) is 6.03 Å². The lowest BCUT2D eigenvalue weighted by Crippen LogP contribution is -2.37. The first-order valence-electron chi connectivity index (χ1n) is 4.68. The maximum atomic E-state index is 11.2. The van der Waals surface area contributed by atoms with Crippen LogP contribution in [0.1, 0.15) is 5.56 Å². The van der Waals surface area contributed by atoms with Crippen molar-refractivity contribution in [2.24, 2.45) is 5.73 Å². The number of rotatable bonds is 4. The number of urea groups is 1. The second-order valence-electron chi connectivity index (χ2n) is 3.03. The Balaban J connectivity index is 2.33. The maximum absolute atomic E-state index is 11.2. The average molecular weight is 272 g/mol. The van der Waals surface area contributed by atoms with Crippen molar-refractivity contribution in [1.29, 1.82) is 0 Å². The molecule has 5 heteroatoms. The Morgan fingerprint density at radius 1 is 1.40 bits per heavy atom. The minimum absolute atomic E-state index is 0.194. The predicted molar refractivity (Wildman–Crippen MR) is 63.4 cm³/mol. The second kappa shape index (κ2) is 6.42. The summed E-state index contributed by atoms with van der Waals surface area (Å²) >= 11 is 3.37. The highest BCUT2D eigenvalue weighted by molar-refractivity contribution is 9.10. The van der Waals surface area contributed by atoms with Crippen LogP contribution in [-0.2, 0) is 6.54 Å². The zero-order valence-corrected chi connectivity index (χ0v) is 9.88. The van der Waals surface area contributed by atoms with Gasteiger partial charge in [0, 0.05) is 24.1 Å². The molecule has 0 aliphatic heterocycles. The molecule has 4 N–H and O–H groups in total. The fraction of sp³-hybridized carbons (Fsp3) is 0.300. The van der Waals surface area contributed by atoms with E-state index < -0.39 is 0 Å². The van der Waals surface area contributed by atoms with E-state index in [9.17, 15) is 4.79 Å². The molecule has 0 saturated heterocycles. The largest absolute Gasteiger partial charge is 0.337 e. The van der Waals surface area contributed by atoms with Crippen molar-refractivity contribution in [2.45, 2.75) is 6.54 Å². The van der Waals surface area contributed by atoms with Gasteiger partial charge in [0.15, 0.2) is 0 Å². The number of hydrogen-bond acceptors (Lipinski definition) is 2. The lowest BCUT2D eigenvalue weighted by Gasteiger charge is -2.06. The standard InChI is InChI=1S/C10H14BrN3O/c11-9-3-1-2-8(6-9)7-14-10(15)13-5-4-12/h1-3,6H,4-5,7,12H2,(H2,13,14,15). The number of carbonyl (C=O) groups is 1. The SMILES string of the molecule is NCCNC(=O)NCc1cccc(Br)c1. The Bertz CT molecular complexity index is 330. The van der Waals surface area contributed by atoms with E-state index in [2.05, 4.69) is 26.6 Å². The maximum Gasteiger partial charge on any atom is 0.315 e. The van der Waals surface area contributed by atoms with Crippen LogP contribution in [0.5, 0.6) is 0 Å². The van der Waals surface area contributed by atoms with Crippen LogP contribution >= 0.6 is 15.9 Å². The van der Waals surface area contributed by atoms with Gasteiger partial charge in [-0.05, 0) is 17.7 Å². The molecule has 0 bridgehead atoms. The monoisotopic (exact) mass is 271 g/mol. The average Bonchev–Trinajstić information content (AvgIpc) is 2.23. The van der Waals surface area contributed by atoms with Gasteiger partial charge < -0.3 is 16.4 Å². The van der Waals surface area contributed by atoms with Gasteiger partial charge in [0.2, 0.25) is 0 Å². The van der Waals surface area contributed by atoms with Crippen LogP contribution in [0.25, 0.3) is 0 Å². The minimum Gasteiger partial charge on any atom is -0.337 e. The molecule has 2 amide bonds. The summed E-state index contributed by atoms with van der Waals surface area (Å²) in [6, 6.07) is 7.59. The van der Waals surface area contributed by atoms with Crippen LogP contribution in [0, 0.1) is 0 Å². The highest BCUT2D eigenvalue weighted by Gasteiger charge is 1.98. The van der Waals surface area contributed by atoms with Gasteiger partial charge in [-0.1, -0.05) is 28.1 Å². The highest BCUT2D eigenvalue weighted by atomic mass is 79.9. The summed E-state index contributed by atoms with van der Waals surface area (Å²) in [6.45, 7) is 1.45. The molecule has 1 aromatic rings. The molecule has 82 valence electrons. The first kappa shape index (κ1) is 12.0. The van der Waals surface area contributed by atoms with Gasteiger partial charge in [0.05, 0.1) is 0 Å². The second-order valence-corrected chi connectivity index (χ2v) is 3.94. The molecule has 0 heterocycles. The van der Waals surface area contributed by atoms with Crippen molar-refractivity contribution in [3.05, 3.63) is 34.3 Å². The van der Waals surface area contributed by atoms with Crippen molar-refractivity contribution in [3.63, 3.8) is 0 Å². The van der Waals surface area contributed by atoms with Crippen LogP contribution < -0.4 is 16.4 Å². The molecule has 0 atom stereocenters. The molecule has 0 fully saturated rings. The first-order valence-corrected chi connectivity index (χ1v) is 5.48. The first-order chi connectivity index (χ1) is 7.22. The number of nitrogens with one attached hydrogen (secondary N) is 2. The molecule has 15 heavy (non-hydrogen) atoms. The Kier molecular flexibility index (Phi) is 5.14. The molecule has 0 unspecified atom stereocenters. The van der Waals surface area contributed by atoms with E-state index in [1.165, 1.54) is 0 Å². The molecule has 0 saturated carbocycles. The Hall–Kier alpha value is -1.07. The number of hydrogen-bond donors (Lipinski definition) is 3. The van der Waals surface area contributed by atoms with Crippen LogP contribution in [0.3, 0.4) is 0 Å². The fourth-order valence-electron chi connectivity index (χ4n) is 1.08. The molecule has 0 aliphatic rings. The highest BCUT2D eigenvalue weighted by Crippen LogP contribution is 2.11. The van der Waals surface area contributed by atoms with Gasteiger partial charge in [-0.3, -0.25) is 0 Å². The topological polar surface area (TPSA) is 67.1 Å². The van der Waals surface area contributed by atoms with Crippen molar-refractivity contribution in [2.75, 3.05) is 13.1 Å². The van der Waals surface area contributed by atoms with Gasteiger partial charge in [-0.2, -0.15) is 0 Å². The third kappa shape index (κ3) is 4.80. The molecule has 4 nitrogen and oxygen atoms in total. The normalized spacial score (nSPS) is 9.73. The number of nitrogens with two attached hydrogens (primary N) is 1. The number of benzene rings is 1. The fourth-order valence-corrected chi connectivity index (χ4v) is 1.52. The Morgan fingerprint density at radius 2 is 2.20 bits per heavy atom. The van der Waals surface area contributed by atoms with Gasteiger partial charge in [-0.15, -0.1) is 0 Å². The van der Waals surface area contributed by atoms with E-state index in [0.717, 1.165) is 10.0 Å². The van der Waals surface area contributed by atoms with Crippen LogP contribution in [0.2, 0.25) is 0 Å². The molecule has 0 spiro atoms. The molecular weight excluding hydrogens is 258 g/mol. The molecule has 0 aliphatic carbocycles. The third-order valence-electron chi connectivity index (χ3n) is 1.77. The van der Waals surface area contributed by atoms with Crippen molar-refractivity contribution in [1.82, 2.24) is 10.6 Å². The van der Waals surface area contributed by atoms with Gasteiger partial charge in [0.25, 0.3) is 0 Å². The lowest BCUT2D eigenvalue weighted by molar-refractivity contribution is 0.241. The number of carbonyl (C=O) groups excluding carboxylic acids is 1. The van der Waals surface area contributed by atoms with Crippen LogP contribution in [0.15, 0.2) is 28.7 Å². The smallest absolute Gasteiger partial charge is 0.315 e. The summed E-state index contributed by atoms with van der Waals surface area (Å²) in [7, 11) is 0. The number of halogens is 1. The van der Waals surface area contributed by atoms with E-state index in [1.54, 1.807) is 0 Å². The van der Waals surface area contributed by atoms with E-state index >= 15 is 0 Å². The summed E-state index contributed by atoms with van der Waals surface area (Å²) < 4.78 is 1.00. The quantitative estimate of drug-likeness (QED) is 0.771. The summed E-state index contributed by atoms with van der Waals surface area (Å²) in [4.78, 5) is 11.2. The van der Waals surface area contributed by atoms with Crippen LogP contribution in [-0.4, -0.2) is 19.1 Å². The van der Waals surface area contributed by atoms with Crippen molar-refractivity contribution in [3.8, 4) is 0 Å². The number of amides is 2. The van der Waals surface area contributed by atoms with Crippen LogP contribution in [0.4, 0.5) is 4.79 Å². The summed E-state index contributed by atoms with van der Waals surface area (Å²) in [5.41, 5.74) is 6.30. The summed E-state index contributed by atoms with van der Waals surface area (Å²) in [5.74, 6) is 0. The molecule has 0 radical (unpaired) electrons. The van der Waals surface area contributed by atoms with Gasteiger partial charge in [-0.25, -0.2) is 4.79 Å². The lowest BCUT2D eigenvalue weighted by atomic mass is 10.2. The molecule has 0 aromatic heterocycles. The van der Waals surface area contributed by atoms with Crippen molar-refractivity contribution < 1.29 is 4.79 Å². The zero-order chi connectivity index (χ0) is 11.1. The molecule has 1 rings (SSSR count). The minimum atomic E-state index is -0.194. The summed E-state index contributed by atoms with van der Waals surface area (Å²) in [5, 5.41) is 5.36. The Morgan fingerprint density at radius 3 is 2.87 bits per heavy atom.